The van der Waals surface area contributed by atoms with Crippen LogP contribution in [0.25, 0.3) is 0 Å². The van der Waals surface area contributed by atoms with Gasteiger partial charge in [-0.05, 0) is 31.5 Å². The molecular weight excluding hydrogens is 332 g/mol. The van der Waals surface area contributed by atoms with Crippen LogP contribution in [0.15, 0.2) is 48.5 Å². The minimum Gasteiger partial charge on any atom is -0.497 e. The van der Waals surface area contributed by atoms with Gasteiger partial charge in [-0.3, -0.25) is 9.59 Å². The van der Waals surface area contributed by atoms with E-state index in [2.05, 4.69) is 10.6 Å². The summed E-state index contributed by atoms with van der Waals surface area (Å²) >= 11 is 0. The number of benzene rings is 2. The summed E-state index contributed by atoms with van der Waals surface area (Å²) in [5, 5.41) is 5.55. The molecule has 138 valence electrons. The monoisotopic (exact) mass is 356 g/mol. The zero-order valence-corrected chi connectivity index (χ0v) is 15.5. The fourth-order valence-electron chi connectivity index (χ4n) is 2.29. The largest absolute Gasteiger partial charge is 0.497 e. The molecular formula is C20H24N2O4. The molecule has 0 saturated carbocycles. The maximum atomic E-state index is 12.7. The van der Waals surface area contributed by atoms with Gasteiger partial charge in [0, 0.05) is 12.6 Å². The van der Waals surface area contributed by atoms with Crippen LogP contribution >= 0.6 is 0 Å². The molecule has 2 rings (SSSR count). The predicted molar refractivity (Wildman–Crippen MR) is 100 cm³/mol. The van der Waals surface area contributed by atoms with E-state index in [-0.39, 0.29) is 5.91 Å². The summed E-state index contributed by atoms with van der Waals surface area (Å²) in [7, 11) is 3.05. The van der Waals surface area contributed by atoms with E-state index in [4.69, 9.17) is 9.47 Å². The highest BCUT2D eigenvalue weighted by Crippen LogP contribution is 2.30. The van der Waals surface area contributed by atoms with Gasteiger partial charge in [0.1, 0.15) is 16.9 Å². The van der Waals surface area contributed by atoms with E-state index in [9.17, 15) is 9.59 Å². The topological polar surface area (TPSA) is 76.7 Å². The standard InChI is InChI=1S/C20H24N2O4/c1-20(2,18(23)21-13-14-8-6-5-7-9-14)19(24)22-16-12-15(25-3)10-11-17(16)26-4/h5-12H,13H2,1-4H3,(H,21,23)(H,22,24). The van der Waals surface area contributed by atoms with E-state index < -0.39 is 11.3 Å². The molecule has 0 heterocycles. The van der Waals surface area contributed by atoms with Crippen molar-refractivity contribution in [3.63, 3.8) is 0 Å². The number of methoxy groups -OCH3 is 2. The molecule has 6 heteroatoms. The molecule has 2 aromatic rings. The number of nitrogens with one attached hydrogen (secondary N) is 2. The third-order valence-corrected chi connectivity index (χ3v) is 4.09. The third-order valence-electron chi connectivity index (χ3n) is 4.09. The molecule has 2 aromatic carbocycles. The number of anilines is 1. The second-order valence-electron chi connectivity index (χ2n) is 6.31. The summed E-state index contributed by atoms with van der Waals surface area (Å²) in [5.41, 5.74) is 0.149. The number of hydrogen-bond acceptors (Lipinski definition) is 4. The first-order valence-electron chi connectivity index (χ1n) is 8.24. The van der Waals surface area contributed by atoms with Crippen molar-refractivity contribution in [2.75, 3.05) is 19.5 Å². The molecule has 0 aromatic heterocycles. The van der Waals surface area contributed by atoms with Crippen molar-refractivity contribution >= 4 is 17.5 Å². The van der Waals surface area contributed by atoms with Gasteiger partial charge in [-0.1, -0.05) is 30.3 Å². The number of ether oxygens (including phenoxy) is 2. The Morgan fingerprint density at radius 3 is 2.27 bits per heavy atom. The van der Waals surface area contributed by atoms with Gasteiger partial charge in [0.2, 0.25) is 11.8 Å². The number of carbonyl (C=O) groups excluding carboxylic acids is 2. The zero-order chi connectivity index (χ0) is 19.2. The molecule has 0 unspecified atom stereocenters. The van der Waals surface area contributed by atoms with Gasteiger partial charge in [-0.15, -0.1) is 0 Å². The van der Waals surface area contributed by atoms with Gasteiger partial charge in [-0.25, -0.2) is 0 Å². The van der Waals surface area contributed by atoms with Crippen molar-refractivity contribution in [3.8, 4) is 11.5 Å². The molecule has 0 spiro atoms. The summed E-state index contributed by atoms with van der Waals surface area (Å²) in [5.74, 6) is 0.266. The third kappa shape index (κ3) is 4.53. The minimum atomic E-state index is -1.26. The van der Waals surface area contributed by atoms with E-state index >= 15 is 0 Å². The highest BCUT2D eigenvalue weighted by atomic mass is 16.5. The maximum Gasteiger partial charge on any atom is 0.239 e. The molecule has 6 nitrogen and oxygen atoms in total. The average molecular weight is 356 g/mol. The van der Waals surface area contributed by atoms with Crippen LogP contribution in [0.4, 0.5) is 5.69 Å². The Labute approximate surface area is 153 Å². The van der Waals surface area contributed by atoms with Crippen molar-refractivity contribution in [2.45, 2.75) is 20.4 Å². The van der Waals surface area contributed by atoms with Crippen molar-refractivity contribution in [1.29, 1.82) is 0 Å². The minimum absolute atomic E-state index is 0.360. The first kappa shape index (κ1) is 19.3. The lowest BCUT2D eigenvalue weighted by molar-refractivity contribution is -0.138. The van der Waals surface area contributed by atoms with Gasteiger partial charge in [0.25, 0.3) is 0 Å². The van der Waals surface area contributed by atoms with Gasteiger partial charge >= 0.3 is 0 Å². The number of carbonyl (C=O) groups is 2. The Balaban J connectivity index is 2.08. The summed E-state index contributed by atoms with van der Waals surface area (Å²) in [4.78, 5) is 25.2. The average Bonchev–Trinajstić information content (AvgIpc) is 2.66. The highest BCUT2D eigenvalue weighted by molar-refractivity contribution is 6.10. The van der Waals surface area contributed by atoms with Gasteiger partial charge in [0.15, 0.2) is 0 Å². The Hall–Kier alpha value is -3.02. The predicted octanol–water partition coefficient (Wildman–Crippen LogP) is 2.98. The highest BCUT2D eigenvalue weighted by Gasteiger charge is 2.36. The van der Waals surface area contributed by atoms with E-state index in [1.165, 1.54) is 14.2 Å². The second-order valence-corrected chi connectivity index (χ2v) is 6.31. The lowest BCUT2D eigenvalue weighted by Crippen LogP contribution is -2.44. The quantitative estimate of drug-likeness (QED) is 0.748. The van der Waals surface area contributed by atoms with Crippen LogP contribution in [0, 0.1) is 5.41 Å². The molecule has 0 fully saturated rings. The first-order valence-corrected chi connectivity index (χ1v) is 8.24. The van der Waals surface area contributed by atoms with Crippen LogP contribution in [0.1, 0.15) is 19.4 Å². The van der Waals surface area contributed by atoms with Crippen molar-refractivity contribution < 1.29 is 19.1 Å². The van der Waals surface area contributed by atoms with Crippen LogP contribution in [-0.2, 0) is 16.1 Å². The van der Waals surface area contributed by atoms with Crippen molar-refractivity contribution in [3.05, 3.63) is 54.1 Å². The molecule has 26 heavy (non-hydrogen) atoms. The van der Waals surface area contributed by atoms with E-state index in [0.717, 1.165) is 5.56 Å². The smallest absolute Gasteiger partial charge is 0.239 e. The van der Waals surface area contributed by atoms with E-state index in [1.807, 2.05) is 30.3 Å². The second kappa shape index (κ2) is 8.38. The molecule has 0 saturated heterocycles. The summed E-state index contributed by atoms with van der Waals surface area (Å²) < 4.78 is 10.4. The summed E-state index contributed by atoms with van der Waals surface area (Å²) in [6.45, 7) is 3.52. The lowest BCUT2D eigenvalue weighted by Gasteiger charge is -2.23. The molecule has 0 aliphatic heterocycles. The van der Waals surface area contributed by atoms with Crippen LogP contribution in [0.5, 0.6) is 11.5 Å². The SMILES string of the molecule is COc1ccc(OC)c(NC(=O)C(C)(C)C(=O)NCc2ccccc2)c1. The van der Waals surface area contributed by atoms with Gasteiger partial charge in [0.05, 0.1) is 19.9 Å². The molecule has 2 N–H and O–H groups in total. The number of hydrogen-bond donors (Lipinski definition) is 2. The van der Waals surface area contributed by atoms with E-state index in [1.54, 1.807) is 32.0 Å². The Kier molecular flexibility index (Phi) is 6.22. The van der Waals surface area contributed by atoms with Crippen LogP contribution in [-0.4, -0.2) is 26.0 Å². The summed E-state index contributed by atoms with van der Waals surface area (Å²) in [6, 6.07) is 14.6. The van der Waals surface area contributed by atoms with E-state index in [0.29, 0.717) is 23.7 Å². The molecule has 0 aliphatic carbocycles. The Morgan fingerprint density at radius 2 is 1.65 bits per heavy atom. The molecule has 2 amide bonds. The fraction of sp³-hybridized carbons (Fsp3) is 0.300. The Bertz CT molecular complexity index is 773. The summed E-state index contributed by atoms with van der Waals surface area (Å²) in [6.07, 6.45) is 0. The molecule has 0 bridgehead atoms. The molecule has 0 aliphatic rings. The Morgan fingerprint density at radius 1 is 0.962 bits per heavy atom. The fourth-order valence-corrected chi connectivity index (χ4v) is 2.29. The van der Waals surface area contributed by atoms with Crippen LogP contribution < -0.4 is 20.1 Å². The van der Waals surface area contributed by atoms with Crippen LogP contribution in [0.2, 0.25) is 0 Å². The van der Waals surface area contributed by atoms with Crippen molar-refractivity contribution in [1.82, 2.24) is 5.32 Å². The maximum absolute atomic E-state index is 12.7. The number of amides is 2. The zero-order valence-electron chi connectivity index (χ0n) is 15.5. The lowest BCUT2D eigenvalue weighted by atomic mass is 9.90. The normalized spacial score (nSPS) is 10.8. The number of rotatable bonds is 7. The van der Waals surface area contributed by atoms with Gasteiger partial charge < -0.3 is 20.1 Å². The van der Waals surface area contributed by atoms with Crippen molar-refractivity contribution in [2.24, 2.45) is 5.41 Å². The van der Waals surface area contributed by atoms with Crippen LogP contribution in [0.3, 0.4) is 0 Å². The first-order chi connectivity index (χ1) is 12.4. The van der Waals surface area contributed by atoms with Gasteiger partial charge in [-0.2, -0.15) is 0 Å². The molecule has 0 atom stereocenters. The molecule has 0 radical (unpaired) electrons.